The highest BCUT2D eigenvalue weighted by molar-refractivity contribution is 7.90. The number of nitrogens with zero attached hydrogens (tertiary/aromatic N) is 3. The Balaban J connectivity index is 1.71. The van der Waals surface area contributed by atoms with Gasteiger partial charge in [-0.1, -0.05) is 35.3 Å². The quantitative estimate of drug-likeness (QED) is 0.611. The molecule has 0 unspecified atom stereocenters. The van der Waals surface area contributed by atoms with Crippen LogP contribution in [-0.4, -0.2) is 55.4 Å². The van der Waals surface area contributed by atoms with Crippen molar-refractivity contribution in [1.29, 1.82) is 0 Å². The highest BCUT2D eigenvalue weighted by Crippen LogP contribution is 2.36. The molecule has 4 rings (SSSR count). The van der Waals surface area contributed by atoms with Gasteiger partial charge in [-0.2, -0.15) is 0 Å². The summed E-state index contributed by atoms with van der Waals surface area (Å²) in [5.74, 6) is 0. The van der Waals surface area contributed by atoms with Gasteiger partial charge in [-0.05, 0) is 30.8 Å². The van der Waals surface area contributed by atoms with Crippen molar-refractivity contribution in [2.75, 3.05) is 33.2 Å². The number of hydrogen-bond acceptors (Lipinski definition) is 5. The van der Waals surface area contributed by atoms with E-state index in [4.69, 9.17) is 23.2 Å². The summed E-state index contributed by atoms with van der Waals surface area (Å²) in [4.78, 5) is 4.76. The number of fused-ring (bicyclic) bond motifs is 1. The number of piperazine rings is 1. The maximum atomic E-state index is 13.1. The van der Waals surface area contributed by atoms with Gasteiger partial charge >= 0.3 is 0 Å². The van der Waals surface area contributed by atoms with Crippen molar-refractivity contribution in [2.24, 2.45) is 0 Å². The van der Waals surface area contributed by atoms with Crippen molar-refractivity contribution in [3.05, 3.63) is 50.8 Å². The van der Waals surface area contributed by atoms with Gasteiger partial charge in [0.05, 0.1) is 9.85 Å². The SMILES string of the molecule is CN1CCN(Cc2cccc3c2ccn3S(=O)(=O)c2cc(Cl)sc2Cl)CC1. The Bertz CT molecular complexity index is 1080. The number of rotatable bonds is 4. The van der Waals surface area contributed by atoms with E-state index in [0.717, 1.165) is 55.0 Å². The lowest BCUT2D eigenvalue weighted by molar-refractivity contribution is 0.148. The van der Waals surface area contributed by atoms with Crippen LogP contribution >= 0.6 is 34.5 Å². The summed E-state index contributed by atoms with van der Waals surface area (Å²) >= 11 is 13.1. The van der Waals surface area contributed by atoms with Gasteiger partial charge in [0.25, 0.3) is 10.0 Å². The Morgan fingerprint density at radius 1 is 1.11 bits per heavy atom. The van der Waals surface area contributed by atoms with Crippen LogP contribution in [0.1, 0.15) is 5.56 Å². The fourth-order valence-electron chi connectivity index (χ4n) is 3.41. The van der Waals surface area contributed by atoms with Crippen molar-refractivity contribution >= 4 is 55.5 Å². The molecule has 0 radical (unpaired) electrons. The molecule has 0 saturated carbocycles. The molecule has 3 heterocycles. The van der Waals surface area contributed by atoms with Crippen LogP contribution in [0.3, 0.4) is 0 Å². The fraction of sp³-hybridized carbons (Fsp3) is 0.333. The molecule has 144 valence electrons. The first-order valence-corrected chi connectivity index (χ1v) is 11.6. The predicted molar refractivity (Wildman–Crippen MR) is 112 cm³/mol. The summed E-state index contributed by atoms with van der Waals surface area (Å²) in [6.07, 6.45) is 1.59. The van der Waals surface area contributed by atoms with Crippen LogP contribution in [0.5, 0.6) is 0 Å². The van der Waals surface area contributed by atoms with Crippen LogP contribution in [0.2, 0.25) is 8.67 Å². The Hall–Kier alpha value is -1.09. The molecule has 0 amide bonds. The Labute approximate surface area is 172 Å². The Kier molecular flexibility index (Phi) is 5.26. The number of thiophene rings is 1. The Morgan fingerprint density at radius 3 is 2.52 bits per heavy atom. The molecule has 27 heavy (non-hydrogen) atoms. The molecule has 1 aromatic carbocycles. The zero-order chi connectivity index (χ0) is 19.2. The summed E-state index contributed by atoms with van der Waals surface area (Å²) in [6, 6.07) is 9.06. The average molecular weight is 444 g/mol. The maximum Gasteiger partial charge on any atom is 0.270 e. The van der Waals surface area contributed by atoms with Gasteiger partial charge < -0.3 is 4.90 Å². The van der Waals surface area contributed by atoms with Crippen LogP contribution in [0.15, 0.2) is 41.4 Å². The third kappa shape index (κ3) is 3.64. The highest BCUT2D eigenvalue weighted by atomic mass is 35.5. The van der Waals surface area contributed by atoms with E-state index in [2.05, 4.69) is 22.9 Å². The van der Waals surface area contributed by atoms with E-state index in [1.54, 1.807) is 6.20 Å². The second-order valence-corrected chi connectivity index (χ2v) is 10.8. The minimum atomic E-state index is -3.80. The predicted octanol–water partition coefficient (Wildman–Crippen LogP) is 3.99. The van der Waals surface area contributed by atoms with Gasteiger partial charge in [-0.25, -0.2) is 12.4 Å². The second kappa shape index (κ2) is 7.39. The standard InChI is InChI=1S/C18H19Cl2N3O2S2/c1-21-7-9-22(10-8-21)12-13-3-2-4-15-14(13)5-6-23(15)27(24,25)16-11-17(19)26-18(16)20/h2-6,11H,7-10,12H2,1H3. The topological polar surface area (TPSA) is 45.5 Å². The minimum Gasteiger partial charge on any atom is -0.304 e. The molecular formula is C18H19Cl2N3O2S2. The monoisotopic (exact) mass is 443 g/mol. The second-order valence-electron chi connectivity index (χ2n) is 6.73. The average Bonchev–Trinajstić information content (AvgIpc) is 3.21. The Morgan fingerprint density at radius 2 is 1.85 bits per heavy atom. The van der Waals surface area contributed by atoms with Crippen LogP contribution in [0.4, 0.5) is 0 Å². The van der Waals surface area contributed by atoms with Crippen LogP contribution < -0.4 is 0 Å². The summed E-state index contributed by atoms with van der Waals surface area (Å²) in [6.45, 7) is 4.91. The molecule has 0 spiro atoms. The molecule has 1 aliphatic heterocycles. The van der Waals surface area contributed by atoms with E-state index < -0.39 is 10.0 Å². The van der Waals surface area contributed by atoms with Gasteiger partial charge in [0.15, 0.2) is 0 Å². The molecule has 1 saturated heterocycles. The summed E-state index contributed by atoms with van der Waals surface area (Å²) in [5, 5.41) is 0.942. The van der Waals surface area contributed by atoms with E-state index in [1.165, 1.54) is 10.0 Å². The maximum absolute atomic E-state index is 13.1. The lowest BCUT2D eigenvalue weighted by Crippen LogP contribution is -2.43. The molecule has 0 aliphatic carbocycles. The van der Waals surface area contributed by atoms with Crippen LogP contribution in [-0.2, 0) is 16.6 Å². The molecule has 9 heteroatoms. The number of hydrogen-bond donors (Lipinski definition) is 0. The molecule has 0 atom stereocenters. The molecule has 5 nitrogen and oxygen atoms in total. The van der Waals surface area contributed by atoms with Crippen molar-refractivity contribution in [3.63, 3.8) is 0 Å². The summed E-state index contributed by atoms with van der Waals surface area (Å²) < 4.78 is 28.0. The van der Waals surface area contributed by atoms with Gasteiger partial charge in [0.1, 0.15) is 9.23 Å². The molecule has 2 aromatic heterocycles. The molecule has 1 aliphatic rings. The lowest BCUT2D eigenvalue weighted by atomic mass is 10.1. The van der Waals surface area contributed by atoms with E-state index in [-0.39, 0.29) is 9.23 Å². The van der Waals surface area contributed by atoms with Crippen molar-refractivity contribution < 1.29 is 8.42 Å². The van der Waals surface area contributed by atoms with Gasteiger partial charge in [-0.15, -0.1) is 11.3 Å². The van der Waals surface area contributed by atoms with Gasteiger partial charge in [0, 0.05) is 44.3 Å². The zero-order valence-corrected chi connectivity index (χ0v) is 17.9. The molecular weight excluding hydrogens is 425 g/mol. The van der Waals surface area contributed by atoms with E-state index in [0.29, 0.717) is 9.85 Å². The van der Waals surface area contributed by atoms with Crippen LogP contribution in [0.25, 0.3) is 10.9 Å². The first-order valence-electron chi connectivity index (χ1n) is 8.56. The van der Waals surface area contributed by atoms with Crippen molar-refractivity contribution in [3.8, 4) is 0 Å². The molecule has 0 N–H and O–H groups in total. The lowest BCUT2D eigenvalue weighted by Gasteiger charge is -2.32. The normalized spacial score (nSPS) is 17.0. The number of benzene rings is 1. The summed E-state index contributed by atoms with van der Waals surface area (Å²) in [7, 11) is -1.67. The molecule has 0 bridgehead atoms. The molecule has 1 fully saturated rings. The number of aromatic nitrogens is 1. The van der Waals surface area contributed by atoms with E-state index in [9.17, 15) is 8.42 Å². The van der Waals surface area contributed by atoms with Crippen LogP contribution in [0, 0.1) is 0 Å². The smallest absolute Gasteiger partial charge is 0.270 e. The van der Waals surface area contributed by atoms with E-state index in [1.807, 2.05) is 18.2 Å². The molecule has 3 aromatic rings. The van der Waals surface area contributed by atoms with Gasteiger partial charge in [0.2, 0.25) is 0 Å². The van der Waals surface area contributed by atoms with Crippen molar-refractivity contribution in [1.82, 2.24) is 13.8 Å². The van der Waals surface area contributed by atoms with E-state index >= 15 is 0 Å². The summed E-state index contributed by atoms with van der Waals surface area (Å²) in [5.41, 5.74) is 1.78. The largest absolute Gasteiger partial charge is 0.304 e. The fourth-order valence-corrected chi connectivity index (χ4v) is 6.87. The third-order valence-electron chi connectivity index (χ3n) is 4.94. The van der Waals surface area contributed by atoms with Crippen molar-refractivity contribution in [2.45, 2.75) is 11.4 Å². The van der Waals surface area contributed by atoms with Gasteiger partial charge in [-0.3, -0.25) is 4.90 Å². The highest BCUT2D eigenvalue weighted by Gasteiger charge is 2.25. The first kappa shape index (κ1) is 19.2. The first-order chi connectivity index (χ1) is 12.9. The third-order valence-corrected chi connectivity index (χ3v) is 8.38. The number of likely N-dealkylation sites (N-methyl/N-ethyl adjacent to an activating group) is 1. The minimum absolute atomic E-state index is 0.0427. The number of halogens is 2. The zero-order valence-electron chi connectivity index (χ0n) is 14.7.